The number of aromatic nitrogens is 2. The SMILES string of the molecule is Cc1ccc(C[C@H]2[C@@H](O)CCCN2C(=O)Cc2cnc[nH]2)cc1. The molecular weight excluding hydrogens is 290 g/mol. The number of aromatic amines is 1. The lowest BCUT2D eigenvalue weighted by atomic mass is 9.92. The molecule has 5 heteroatoms. The lowest BCUT2D eigenvalue weighted by molar-refractivity contribution is -0.138. The number of nitrogens with zero attached hydrogens (tertiary/aromatic N) is 2. The first-order valence-electron chi connectivity index (χ1n) is 8.14. The van der Waals surface area contributed by atoms with Crippen LogP contribution in [-0.2, 0) is 17.6 Å². The number of hydrogen-bond donors (Lipinski definition) is 2. The maximum Gasteiger partial charge on any atom is 0.228 e. The maximum absolute atomic E-state index is 12.6. The lowest BCUT2D eigenvalue weighted by Crippen LogP contribution is -2.52. The Morgan fingerprint density at radius 3 is 2.87 bits per heavy atom. The van der Waals surface area contributed by atoms with Crippen molar-refractivity contribution < 1.29 is 9.90 Å². The Balaban J connectivity index is 1.73. The molecule has 1 aromatic carbocycles. The van der Waals surface area contributed by atoms with E-state index in [1.165, 1.54) is 5.56 Å². The molecule has 1 saturated heterocycles. The third-order valence-corrected chi connectivity index (χ3v) is 4.53. The predicted molar refractivity (Wildman–Crippen MR) is 87.9 cm³/mol. The molecule has 5 nitrogen and oxygen atoms in total. The molecule has 0 unspecified atom stereocenters. The van der Waals surface area contributed by atoms with Gasteiger partial charge in [0.2, 0.25) is 5.91 Å². The van der Waals surface area contributed by atoms with E-state index in [4.69, 9.17) is 0 Å². The first-order chi connectivity index (χ1) is 11.1. The van der Waals surface area contributed by atoms with Gasteiger partial charge in [-0.25, -0.2) is 4.98 Å². The summed E-state index contributed by atoms with van der Waals surface area (Å²) in [6, 6.07) is 8.15. The molecule has 3 rings (SSSR count). The second-order valence-electron chi connectivity index (χ2n) is 6.31. The summed E-state index contributed by atoms with van der Waals surface area (Å²) in [4.78, 5) is 21.4. The van der Waals surface area contributed by atoms with Crippen molar-refractivity contribution in [1.29, 1.82) is 0 Å². The summed E-state index contributed by atoms with van der Waals surface area (Å²) in [5.74, 6) is 0.0464. The van der Waals surface area contributed by atoms with Gasteiger partial charge in [-0.15, -0.1) is 0 Å². The van der Waals surface area contributed by atoms with Gasteiger partial charge in [0.1, 0.15) is 0 Å². The van der Waals surface area contributed by atoms with Crippen LogP contribution in [0.3, 0.4) is 0 Å². The van der Waals surface area contributed by atoms with Gasteiger partial charge in [-0.2, -0.15) is 0 Å². The molecule has 1 amide bonds. The van der Waals surface area contributed by atoms with Crippen LogP contribution in [0.2, 0.25) is 0 Å². The molecule has 1 aromatic heterocycles. The van der Waals surface area contributed by atoms with Crippen LogP contribution in [0, 0.1) is 6.92 Å². The van der Waals surface area contributed by atoms with E-state index < -0.39 is 6.10 Å². The fourth-order valence-corrected chi connectivity index (χ4v) is 3.20. The Morgan fingerprint density at radius 2 is 2.17 bits per heavy atom. The highest BCUT2D eigenvalue weighted by atomic mass is 16.3. The molecule has 2 atom stereocenters. The van der Waals surface area contributed by atoms with E-state index in [0.717, 1.165) is 24.1 Å². The smallest absolute Gasteiger partial charge is 0.228 e. The van der Waals surface area contributed by atoms with Crippen LogP contribution in [0.25, 0.3) is 0 Å². The fraction of sp³-hybridized carbons (Fsp3) is 0.444. The van der Waals surface area contributed by atoms with Crippen molar-refractivity contribution in [3.05, 3.63) is 53.6 Å². The summed E-state index contributed by atoms with van der Waals surface area (Å²) in [6.45, 7) is 2.76. The van der Waals surface area contributed by atoms with Gasteiger partial charge in [0.25, 0.3) is 0 Å². The predicted octanol–water partition coefficient (Wildman–Crippen LogP) is 1.86. The first-order valence-corrected chi connectivity index (χ1v) is 8.14. The molecule has 23 heavy (non-hydrogen) atoms. The molecule has 1 fully saturated rings. The second kappa shape index (κ2) is 6.96. The van der Waals surface area contributed by atoms with Crippen molar-refractivity contribution in [3.63, 3.8) is 0 Å². The fourth-order valence-electron chi connectivity index (χ4n) is 3.20. The van der Waals surface area contributed by atoms with E-state index >= 15 is 0 Å². The Morgan fingerprint density at radius 1 is 1.39 bits per heavy atom. The molecule has 122 valence electrons. The average molecular weight is 313 g/mol. The topological polar surface area (TPSA) is 69.2 Å². The Hall–Kier alpha value is -2.14. The molecule has 0 bridgehead atoms. The van der Waals surface area contributed by atoms with Crippen LogP contribution in [0.15, 0.2) is 36.8 Å². The number of aryl methyl sites for hydroxylation is 1. The number of aliphatic hydroxyl groups excluding tert-OH is 1. The zero-order chi connectivity index (χ0) is 16.2. The van der Waals surface area contributed by atoms with E-state index in [1.54, 1.807) is 12.5 Å². The van der Waals surface area contributed by atoms with Gasteiger partial charge in [-0.1, -0.05) is 29.8 Å². The van der Waals surface area contributed by atoms with Crippen molar-refractivity contribution >= 4 is 5.91 Å². The number of carbonyl (C=O) groups is 1. The van der Waals surface area contributed by atoms with E-state index in [2.05, 4.69) is 41.2 Å². The monoisotopic (exact) mass is 313 g/mol. The number of nitrogens with one attached hydrogen (secondary N) is 1. The summed E-state index contributed by atoms with van der Waals surface area (Å²) in [5, 5.41) is 10.4. The highest BCUT2D eigenvalue weighted by molar-refractivity contribution is 5.78. The van der Waals surface area contributed by atoms with Gasteiger partial charge in [-0.3, -0.25) is 4.79 Å². The zero-order valence-corrected chi connectivity index (χ0v) is 13.4. The van der Waals surface area contributed by atoms with Crippen LogP contribution >= 0.6 is 0 Å². The average Bonchev–Trinajstić information content (AvgIpc) is 3.04. The number of aliphatic hydroxyl groups is 1. The third kappa shape index (κ3) is 3.79. The van der Waals surface area contributed by atoms with Crippen LogP contribution in [0.5, 0.6) is 0 Å². The van der Waals surface area contributed by atoms with E-state index in [1.807, 2.05) is 4.90 Å². The van der Waals surface area contributed by atoms with Crippen molar-refractivity contribution in [2.45, 2.75) is 44.8 Å². The number of hydrogen-bond acceptors (Lipinski definition) is 3. The first kappa shape index (κ1) is 15.7. The maximum atomic E-state index is 12.6. The van der Waals surface area contributed by atoms with E-state index in [-0.39, 0.29) is 11.9 Å². The minimum atomic E-state index is -0.462. The molecule has 2 aromatic rings. The molecule has 0 saturated carbocycles. The molecule has 0 radical (unpaired) electrons. The number of benzene rings is 1. The van der Waals surface area contributed by atoms with Gasteiger partial charge >= 0.3 is 0 Å². The summed E-state index contributed by atoms with van der Waals surface area (Å²) in [5.41, 5.74) is 3.18. The number of carbonyl (C=O) groups excluding carboxylic acids is 1. The van der Waals surface area contributed by atoms with Gasteiger partial charge in [0, 0.05) is 18.4 Å². The van der Waals surface area contributed by atoms with Crippen molar-refractivity contribution in [1.82, 2.24) is 14.9 Å². The van der Waals surface area contributed by atoms with Gasteiger partial charge in [0.15, 0.2) is 0 Å². The molecule has 2 N–H and O–H groups in total. The molecule has 1 aliphatic heterocycles. The van der Waals surface area contributed by atoms with Crippen LogP contribution in [0.1, 0.15) is 29.7 Å². The quantitative estimate of drug-likeness (QED) is 0.905. The Bertz CT molecular complexity index is 637. The van der Waals surface area contributed by atoms with Gasteiger partial charge in [-0.05, 0) is 31.7 Å². The molecule has 1 aliphatic rings. The summed E-state index contributed by atoms with van der Waals surface area (Å²) >= 11 is 0. The minimum Gasteiger partial charge on any atom is -0.391 e. The lowest BCUT2D eigenvalue weighted by Gasteiger charge is -2.39. The molecule has 0 aliphatic carbocycles. The van der Waals surface area contributed by atoms with Crippen molar-refractivity contribution in [3.8, 4) is 0 Å². The number of rotatable bonds is 4. The highest BCUT2D eigenvalue weighted by Crippen LogP contribution is 2.22. The number of piperidine rings is 1. The Kier molecular flexibility index (Phi) is 4.76. The number of amides is 1. The van der Waals surface area contributed by atoms with Crippen LogP contribution in [0.4, 0.5) is 0 Å². The standard InChI is InChI=1S/C18H23N3O2/c1-13-4-6-14(7-5-13)9-16-17(22)3-2-8-21(16)18(23)10-15-11-19-12-20-15/h4-7,11-12,16-17,22H,2-3,8-10H2,1H3,(H,19,20)/t16-,17-/m0/s1. The van der Waals surface area contributed by atoms with Crippen molar-refractivity contribution in [2.75, 3.05) is 6.54 Å². The zero-order valence-electron chi connectivity index (χ0n) is 13.4. The number of H-pyrrole nitrogens is 1. The highest BCUT2D eigenvalue weighted by Gasteiger charge is 2.33. The number of likely N-dealkylation sites (tertiary alicyclic amines) is 1. The minimum absolute atomic E-state index is 0.0464. The molecule has 2 heterocycles. The van der Waals surface area contributed by atoms with Crippen molar-refractivity contribution in [2.24, 2.45) is 0 Å². The number of imidazole rings is 1. The summed E-state index contributed by atoms with van der Waals surface area (Å²) < 4.78 is 0. The summed E-state index contributed by atoms with van der Waals surface area (Å²) in [6.07, 6.45) is 5.39. The Labute approximate surface area is 136 Å². The largest absolute Gasteiger partial charge is 0.391 e. The molecular formula is C18H23N3O2. The van der Waals surface area contributed by atoms with Gasteiger partial charge < -0.3 is 15.0 Å². The second-order valence-corrected chi connectivity index (χ2v) is 6.31. The summed E-state index contributed by atoms with van der Waals surface area (Å²) in [7, 11) is 0. The van der Waals surface area contributed by atoms with Gasteiger partial charge in [0.05, 0.1) is 24.9 Å². The van der Waals surface area contributed by atoms with E-state index in [0.29, 0.717) is 19.4 Å². The van der Waals surface area contributed by atoms with E-state index in [9.17, 15) is 9.90 Å². The third-order valence-electron chi connectivity index (χ3n) is 4.53. The van der Waals surface area contributed by atoms with Crippen LogP contribution < -0.4 is 0 Å². The molecule has 0 spiro atoms. The van der Waals surface area contributed by atoms with Crippen LogP contribution in [-0.4, -0.2) is 44.6 Å². The normalized spacial score (nSPS) is 21.4.